The van der Waals surface area contributed by atoms with Crippen LogP contribution in [0.2, 0.25) is 0 Å². The summed E-state index contributed by atoms with van der Waals surface area (Å²) in [5.41, 5.74) is 2.21. The molecule has 0 aromatic heterocycles. The second-order valence-electron chi connectivity index (χ2n) is 6.96. The number of benzene rings is 2. The van der Waals surface area contributed by atoms with Gasteiger partial charge in [0.1, 0.15) is 12.2 Å². The van der Waals surface area contributed by atoms with Crippen LogP contribution in [0.15, 0.2) is 63.9 Å². The van der Waals surface area contributed by atoms with E-state index in [1.807, 2.05) is 75.4 Å². The van der Waals surface area contributed by atoms with Crippen LogP contribution in [0.4, 0.5) is 0 Å². The average Bonchev–Trinajstić information content (AvgIpc) is 2.95. The van der Waals surface area contributed by atoms with Crippen molar-refractivity contribution in [1.29, 1.82) is 0 Å². The van der Waals surface area contributed by atoms with Crippen LogP contribution in [0.1, 0.15) is 25.0 Å². The minimum atomic E-state index is -1.47. The maximum atomic E-state index is 12.4. The van der Waals surface area contributed by atoms with E-state index in [4.69, 9.17) is 14.2 Å². The van der Waals surface area contributed by atoms with Gasteiger partial charge in [0.15, 0.2) is 16.8 Å². The Morgan fingerprint density at radius 3 is 2.52 bits per heavy atom. The van der Waals surface area contributed by atoms with Gasteiger partial charge in [0.2, 0.25) is 0 Å². The predicted molar refractivity (Wildman–Crippen MR) is 106 cm³/mol. The van der Waals surface area contributed by atoms with Crippen molar-refractivity contribution < 1.29 is 18.4 Å². The molecule has 3 atom stereocenters. The molecule has 1 fully saturated rings. The molecule has 1 saturated heterocycles. The molecule has 2 aromatic carbocycles. The largest absolute Gasteiger partial charge is 0.374 e. The Balaban J connectivity index is 1.59. The summed E-state index contributed by atoms with van der Waals surface area (Å²) in [6.45, 7) is 6.55. The Labute approximate surface area is 163 Å². The first-order valence-electron chi connectivity index (χ1n) is 8.93. The van der Waals surface area contributed by atoms with E-state index >= 15 is 0 Å². The molecule has 6 heteroatoms. The average molecular weight is 388 g/mol. The van der Waals surface area contributed by atoms with Gasteiger partial charge in [0.25, 0.3) is 0 Å². The van der Waals surface area contributed by atoms with Crippen molar-refractivity contribution in [2.24, 2.45) is 4.40 Å². The van der Waals surface area contributed by atoms with Crippen molar-refractivity contribution in [2.75, 3.05) is 6.61 Å². The summed E-state index contributed by atoms with van der Waals surface area (Å²) in [5, 5.41) is 0. The van der Waals surface area contributed by atoms with E-state index in [1.165, 1.54) is 0 Å². The molecule has 1 heterocycles. The summed E-state index contributed by atoms with van der Waals surface area (Å²) in [7, 11) is -1.47. The van der Waals surface area contributed by atoms with Gasteiger partial charge in [-0.2, -0.15) is 4.40 Å². The minimum Gasteiger partial charge on any atom is -0.374 e. The number of hydrogen-bond acceptors (Lipinski definition) is 4. The topological polar surface area (TPSA) is 57.1 Å². The molecule has 0 amide bonds. The minimum absolute atomic E-state index is 0.303. The van der Waals surface area contributed by atoms with E-state index in [9.17, 15) is 4.21 Å². The summed E-state index contributed by atoms with van der Waals surface area (Å²) >= 11 is 0. The number of rotatable bonds is 7. The third-order valence-electron chi connectivity index (χ3n) is 4.14. The first-order chi connectivity index (χ1) is 12.9. The number of nitrogens with zero attached hydrogens (tertiary/aromatic N) is 1. The lowest BCUT2D eigenvalue weighted by Gasteiger charge is -2.16. The van der Waals surface area contributed by atoms with Crippen molar-refractivity contribution >= 4 is 17.2 Å². The molecule has 0 saturated carbocycles. The highest BCUT2D eigenvalue weighted by molar-refractivity contribution is 7.83. The SMILES string of the molecule is Cc1ccc([S@](=O)/N=C/[C@@H]2OC(C)(C)O[C@H]2COCc2ccccc2)cc1. The molecule has 1 aliphatic heterocycles. The molecule has 27 heavy (non-hydrogen) atoms. The maximum absolute atomic E-state index is 12.4. The van der Waals surface area contributed by atoms with Crippen molar-refractivity contribution in [3.63, 3.8) is 0 Å². The van der Waals surface area contributed by atoms with Crippen LogP contribution in [-0.4, -0.2) is 35.0 Å². The number of aryl methyl sites for hydroxylation is 1. The van der Waals surface area contributed by atoms with Crippen molar-refractivity contribution in [1.82, 2.24) is 0 Å². The molecule has 0 aliphatic carbocycles. The fraction of sp³-hybridized carbons (Fsp3) is 0.381. The summed E-state index contributed by atoms with van der Waals surface area (Å²) in [6.07, 6.45) is 0.856. The molecular weight excluding hydrogens is 362 g/mol. The summed E-state index contributed by atoms with van der Waals surface area (Å²) < 4.78 is 34.1. The highest BCUT2D eigenvalue weighted by atomic mass is 32.2. The Morgan fingerprint density at radius 1 is 1.11 bits per heavy atom. The Bertz CT molecular complexity index is 790. The van der Waals surface area contributed by atoms with Crippen LogP contribution in [-0.2, 0) is 31.8 Å². The molecule has 0 bridgehead atoms. The highest BCUT2D eigenvalue weighted by Gasteiger charge is 2.40. The molecule has 2 aromatic rings. The summed E-state index contributed by atoms with van der Waals surface area (Å²) in [5.74, 6) is -0.733. The molecule has 0 radical (unpaired) electrons. The lowest BCUT2D eigenvalue weighted by atomic mass is 10.2. The van der Waals surface area contributed by atoms with Crippen molar-refractivity contribution in [3.05, 3.63) is 65.7 Å². The molecule has 3 rings (SSSR count). The summed E-state index contributed by atoms with van der Waals surface area (Å²) in [4.78, 5) is 0.659. The van der Waals surface area contributed by atoms with Crippen LogP contribution in [0.25, 0.3) is 0 Å². The Hall–Kier alpha value is -1.86. The molecule has 0 spiro atoms. The van der Waals surface area contributed by atoms with Crippen LogP contribution >= 0.6 is 0 Å². The van der Waals surface area contributed by atoms with E-state index < -0.39 is 22.9 Å². The Morgan fingerprint density at radius 2 is 1.81 bits per heavy atom. The maximum Gasteiger partial charge on any atom is 0.172 e. The first kappa shape index (κ1) is 19.9. The lowest BCUT2D eigenvalue weighted by Crippen LogP contribution is -2.29. The zero-order chi connectivity index (χ0) is 19.3. The van der Waals surface area contributed by atoms with Gasteiger partial charge in [0.05, 0.1) is 18.1 Å². The highest BCUT2D eigenvalue weighted by Crippen LogP contribution is 2.28. The smallest absolute Gasteiger partial charge is 0.172 e. The fourth-order valence-electron chi connectivity index (χ4n) is 2.82. The van der Waals surface area contributed by atoms with E-state index in [0.717, 1.165) is 11.1 Å². The van der Waals surface area contributed by atoms with Gasteiger partial charge in [-0.25, -0.2) is 4.21 Å². The van der Waals surface area contributed by atoms with Crippen LogP contribution in [0, 0.1) is 6.92 Å². The quantitative estimate of drug-likeness (QED) is 0.678. The fourth-order valence-corrected chi connectivity index (χ4v) is 3.54. The monoisotopic (exact) mass is 387 g/mol. The number of ether oxygens (including phenoxy) is 3. The molecule has 144 valence electrons. The van der Waals surface area contributed by atoms with Crippen molar-refractivity contribution in [2.45, 2.75) is 50.3 Å². The molecule has 0 N–H and O–H groups in total. The van der Waals surface area contributed by atoms with E-state index in [0.29, 0.717) is 18.1 Å². The zero-order valence-corrected chi connectivity index (χ0v) is 16.6. The van der Waals surface area contributed by atoms with Crippen LogP contribution in [0.3, 0.4) is 0 Å². The lowest BCUT2D eigenvalue weighted by molar-refractivity contribution is -0.147. The standard InChI is InChI=1S/C21H25NO4S/c1-16-9-11-18(12-10-16)27(23)22-13-19-20(26-21(2,3)25-19)15-24-14-17-7-5-4-6-8-17/h4-13,19-20H,14-15H2,1-3H3/b22-13+/t19-,20-,27-/m0/s1. The van der Waals surface area contributed by atoms with Crippen LogP contribution in [0.5, 0.6) is 0 Å². The van der Waals surface area contributed by atoms with Gasteiger partial charge >= 0.3 is 0 Å². The second kappa shape index (κ2) is 8.89. The zero-order valence-electron chi connectivity index (χ0n) is 15.8. The first-order valence-corrected chi connectivity index (χ1v) is 10.0. The van der Waals surface area contributed by atoms with Crippen molar-refractivity contribution in [3.8, 4) is 0 Å². The van der Waals surface area contributed by atoms with Gasteiger partial charge in [-0.05, 0) is 38.5 Å². The predicted octanol–water partition coefficient (Wildman–Crippen LogP) is 3.83. The van der Waals surface area contributed by atoms with Gasteiger partial charge in [0, 0.05) is 6.21 Å². The summed E-state index contributed by atoms with van der Waals surface area (Å²) in [6, 6.07) is 17.4. The normalized spacial score (nSPS) is 22.9. The molecular formula is C21H25NO4S. The van der Waals surface area contributed by atoms with Crippen LogP contribution < -0.4 is 0 Å². The number of hydrogen-bond donors (Lipinski definition) is 0. The van der Waals surface area contributed by atoms with E-state index in [-0.39, 0.29) is 6.10 Å². The van der Waals surface area contributed by atoms with E-state index in [2.05, 4.69) is 4.40 Å². The second-order valence-corrected chi connectivity index (χ2v) is 8.14. The third kappa shape index (κ3) is 5.81. The van der Waals surface area contributed by atoms with Gasteiger partial charge in [-0.3, -0.25) is 0 Å². The molecule has 1 aliphatic rings. The third-order valence-corrected chi connectivity index (χ3v) is 5.13. The molecule has 5 nitrogen and oxygen atoms in total. The van der Waals surface area contributed by atoms with Gasteiger partial charge in [-0.1, -0.05) is 48.0 Å². The van der Waals surface area contributed by atoms with Gasteiger partial charge < -0.3 is 14.2 Å². The van der Waals surface area contributed by atoms with Gasteiger partial charge in [-0.15, -0.1) is 0 Å². The Kier molecular flexibility index (Phi) is 6.55. The van der Waals surface area contributed by atoms with E-state index in [1.54, 1.807) is 6.21 Å². The molecule has 0 unspecified atom stereocenters.